The number of nitrogens with zero attached hydrogens (tertiary/aromatic N) is 4. The van der Waals surface area contributed by atoms with Crippen molar-refractivity contribution < 1.29 is 18.0 Å². The van der Waals surface area contributed by atoms with Crippen LogP contribution in [0.15, 0.2) is 30.5 Å². The highest BCUT2D eigenvalue weighted by Gasteiger charge is 2.40. The van der Waals surface area contributed by atoms with E-state index in [0.717, 1.165) is 22.5 Å². The van der Waals surface area contributed by atoms with Crippen LogP contribution in [0.1, 0.15) is 59.7 Å². The molecule has 4 heterocycles. The maximum atomic E-state index is 13.7. The Labute approximate surface area is 218 Å². The molecule has 37 heavy (non-hydrogen) atoms. The number of hydrogen-bond acceptors (Lipinski definition) is 6. The van der Waals surface area contributed by atoms with Gasteiger partial charge in [-0.2, -0.15) is 0 Å². The van der Waals surface area contributed by atoms with Gasteiger partial charge in [0, 0.05) is 44.5 Å². The van der Waals surface area contributed by atoms with E-state index in [2.05, 4.69) is 21.3 Å². The number of amides is 2. The predicted octanol–water partition coefficient (Wildman–Crippen LogP) is 2.58. The van der Waals surface area contributed by atoms with Crippen LogP contribution in [0.2, 0.25) is 0 Å². The minimum atomic E-state index is -3.51. The average Bonchev–Trinajstić information content (AvgIpc) is 3.34. The van der Waals surface area contributed by atoms with E-state index < -0.39 is 10.0 Å². The number of pyridine rings is 1. The van der Waals surface area contributed by atoms with Gasteiger partial charge < -0.3 is 15.1 Å². The molecular formula is C27H35N5O4S. The maximum Gasteiger partial charge on any atom is 0.256 e. The zero-order chi connectivity index (χ0) is 26.5. The highest BCUT2D eigenvalue weighted by atomic mass is 32.2. The Balaban J connectivity index is 1.42. The van der Waals surface area contributed by atoms with Crippen molar-refractivity contribution in [1.29, 1.82) is 0 Å². The van der Waals surface area contributed by atoms with E-state index in [-0.39, 0.29) is 29.0 Å². The molecule has 0 radical (unpaired) electrons. The summed E-state index contributed by atoms with van der Waals surface area (Å²) in [5, 5.41) is 3.00. The fourth-order valence-electron chi connectivity index (χ4n) is 5.74. The van der Waals surface area contributed by atoms with Gasteiger partial charge in [0.05, 0.1) is 22.9 Å². The van der Waals surface area contributed by atoms with Gasteiger partial charge in [0.1, 0.15) is 5.82 Å². The van der Waals surface area contributed by atoms with E-state index in [1.807, 2.05) is 33.9 Å². The number of piperazine rings is 1. The fraction of sp³-hybridized carbons (Fsp3) is 0.519. The molecule has 5 rings (SSSR count). The van der Waals surface area contributed by atoms with Crippen molar-refractivity contribution in [2.45, 2.75) is 52.0 Å². The summed E-state index contributed by atoms with van der Waals surface area (Å²) < 4.78 is 27.1. The van der Waals surface area contributed by atoms with Crippen LogP contribution in [0.3, 0.4) is 0 Å². The lowest BCUT2D eigenvalue weighted by molar-refractivity contribution is -0.120. The Hall–Kier alpha value is -3.14. The molecule has 2 aromatic rings. The van der Waals surface area contributed by atoms with Crippen LogP contribution in [0.25, 0.3) is 0 Å². The Morgan fingerprint density at radius 3 is 2.41 bits per heavy atom. The molecule has 3 aliphatic heterocycles. The first-order chi connectivity index (χ1) is 17.4. The third-order valence-electron chi connectivity index (χ3n) is 7.57. The van der Waals surface area contributed by atoms with Crippen LogP contribution < -0.4 is 14.5 Å². The number of hydrogen-bond donors (Lipinski definition) is 1. The molecule has 1 aromatic heterocycles. The standard InChI is InChI=1S/C27H35N5O4S/c1-18-14-19(2)24(28-17-18)30-9-11-31(12-10-30)26(34)21-7-6-20(22-16-27(3,4)29-25(22)33)15-23(21)32-8-5-13-37(32,35)36/h6-7,14-15,17,22H,5,8-13,16H2,1-4H3,(H,29,33). The molecule has 3 aliphatic rings. The second-order valence-electron chi connectivity index (χ2n) is 11.1. The SMILES string of the molecule is Cc1cnc(N2CCN(C(=O)c3ccc(C4CC(C)(C)NC4=O)cc3N3CCCS3(=O)=O)CC2)c(C)c1. The van der Waals surface area contributed by atoms with Crippen molar-refractivity contribution in [2.75, 3.05) is 47.7 Å². The molecule has 198 valence electrons. The van der Waals surface area contributed by atoms with Crippen LogP contribution in [0, 0.1) is 13.8 Å². The van der Waals surface area contributed by atoms with Gasteiger partial charge in [0.2, 0.25) is 15.9 Å². The highest BCUT2D eigenvalue weighted by Crippen LogP contribution is 2.37. The van der Waals surface area contributed by atoms with Crippen LogP contribution in [-0.2, 0) is 14.8 Å². The molecule has 3 fully saturated rings. The van der Waals surface area contributed by atoms with E-state index in [1.54, 1.807) is 23.1 Å². The summed E-state index contributed by atoms with van der Waals surface area (Å²) in [6.45, 7) is 10.7. The van der Waals surface area contributed by atoms with Gasteiger partial charge in [0.25, 0.3) is 5.91 Å². The molecule has 0 bridgehead atoms. The van der Waals surface area contributed by atoms with Crippen molar-refractivity contribution in [2.24, 2.45) is 0 Å². The molecular weight excluding hydrogens is 490 g/mol. The van der Waals surface area contributed by atoms with Crippen LogP contribution in [-0.4, -0.2) is 74.1 Å². The lowest BCUT2D eigenvalue weighted by Gasteiger charge is -2.36. The first kappa shape index (κ1) is 25.5. The number of anilines is 2. The molecule has 0 aliphatic carbocycles. The van der Waals surface area contributed by atoms with Gasteiger partial charge in [0.15, 0.2) is 0 Å². The van der Waals surface area contributed by atoms with E-state index in [4.69, 9.17) is 0 Å². The summed E-state index contributed by atoms with van der Waals surface area (Å²) in [6, 6.07) is 7.37. The number of rotatable bonds is 4. The summed E-state index contributed by atoms with van der Waals surface area (Å²) >= 11 is 0. The molecule has 1 unspecified atom stereocenters. The van der Waals surface area contributed by atoms with E-state index >= 15 is 0 Å². The predicted molar refractivity (Wildman–Crippen MR) is 144 cm³/mol. The maximum absolute atomic E-state index is 13.7. The first-order valence-electron chi connectivity index (χ1n) is 12.9. The summed E-state index contributed by atoms with van der Waals surface area (Å²) in [5.41, 5.74) is 3.38. The van der Waals surface area contributed by atoms with Crippen LogP contribution in [0.4, 0.5) is 11.5 Å². The van der Waals surface area contributed by atoms with Crippen molar-refractivity contribution in [3.63, 3.8) is 0 Å². The summed E-state index contributed by atoms with van der Waals surface area (Å²) in [5.74, 6) is 0.354. The number of aryl methyl sites for hydroxylation is 2. The van der Waals surface area contributed by atoms with Gasteiger partial charge in [-0.3, -0.25) is 13.9 Å². The number of sulfonamides is 1. The lowest BCUT2D eigenvalue weighted by Crippen LogP contribution is -2.49. The fourth-order valence-corrected chi connectivity index (χ4v) is 7.31. The topological polar surface area (TPSA) is 103 Å². The Bertz CT molecular complexity index is 1350. The van der Waals surface area contributed by atoms with Gasteiger partial charge in [-0.1, -0.05) is 12.1 Å². The van der Waals surface area contributed by atoms with Crippen LogP contribution >= 0.6 is 0 Å². The van der Waals surface area contributed by atoms with E-state index in [1.165, 1.54) is 4.31 Å². The van der Waals surface area contributed by atoms with Crippen LogP contribution in [0.5, 0.6) is 0 Å². The minimum absolute atomic E-state index is 0.0589. The van der Waals surface area contributed by atoms with Crippen molar-refractivity contribution >= 4 is 33.3 Å². The molecule has 1 atom stereocenters. The highest BCUT2D eigenvalue weighted by molar-refractivity contribution is 7.93. The Morgan fingerprint density at radius 2 is 1.81 bits per heavy atom. The zero-order valence-corrected chi connectivity index (χ0v) is 22.8. The molecule has 10 heteroatoms. The molecule has 9 nitrogen and oxygen atoms in total. The number of nitrogens with one attached hydrogen (secondary N) is 1. The van der Waals surface area contributed by atoms with Crippen molar-refractivity contribution in [1.82, 2.24) is 15.2 Å². The zero-order valence-electron chi connectivity index (χ0n) is 22.0. The average molecular weight is 526 g/mol. The van der Waals surface area contributed by atoms with Gasteiger partial charge in [-0.05, 0) is 69.4 Å². The molecule has 1 aromatic carbocycles. The summed E-state index contributed by atoms with van der Waals surface area (Å²) in [4.78, 5) is 35.0. The van der Waals surface area contributed by atoms with Gasteiger partial charge >= 0.3 is 0 Å². The van der Waals surface area contributed by atoms with Crippen molar-refractivity contribution in [3.8, 4) is 0 Å². The third kappa shape index (κ3) is 4.91. The molecule has 1 N–H and O–H groups in total. The molecule has 2 amide bonds. The number of carbonyl (C=O) groups excluding carboxylic acids is 2. The molecule has 0 saturated carbocycles. The second-order valence-corrected chi connectivity index (χ2v) is 13.1. The monoisotopic (exact) mass is 525 g/mol. The first-order valence-corrected chi connectivity index (χ1v) is 14.5. The van der Waals surface area contributed by atoms with Gasteiger partial charge in [-0.25, -0.2) is 13.4 Å². The largest absolute Gasteiger partial charge is 0.353 e. The molecule has 3 saturated heterocycles. The Morgan fingerprint density at radius 1 is 1.08 bits per heavy atom. The van der Waals surface area contributed by atoms with E-state index in [9.17, 15) is 18.0 Å². The quantitative estimate of drug-likeness (QED) is 0.658. The lowest BCUT2D eigenvalue weighted by atomic mass is 9.90. The van der Waals surface area contributed by atoms with E-state index in [0.29, 0.717) is 56.8 Å². The molecule has 0 spiro atoms. The minimum Gasteiger partial charge on any atom is -0.353 e. The number of carbonyl (C=O) groups is 2. The normalized spacial score (nSPS) is 22.9. The number of aromatic nitrogens is 1. The summed E-state index contributed by atoms with van der Waals surface area (Å²) in [6.07, 6.45) is 2.98. The summed E-state index contributed by atoms with van der Waals surface area (Å²) in [7, 11) is -3.51. The van der Waals surface area contributed by atoms with Gasteiger partial charge in [-0.15, -0.1) is 0 Å². The number of benzene rings is 1. The van der Waals surface area contributed by atoms with Crippen molar-refractivity contribution in [3.05, 3.63) is 52.7 Å². The Kier molecular flexibility index (Phi) is 6.42. The third-order valence-corrected chi connectivity index (χ3v) is 9.42. The second kappa shape index (κ2) is 9.31. The smallest absolute Gasteiger partial charge is 0.256 e.